The summed E-state index contributed by atoms with van der Waals surface area (Å²) in [5.41, 5.74) is 10.3. The Morgan fingerprint density at radius 2 is 1.21 bits per heavy atom. The number of aromatic nitrogens is 2. The van der Waals surface area contributed by atoms with Crippen molar-refractivity contribution in [2.75, 3.05) is 0 Å². The molecular formula is C43H30IrN2S2-2. The Morgan fingerprint density at radius 3 is 1.83 bits per heavy atom. The maximum atomic E-state index is 4.66. The minimum atomic E-state index is 0. The number of thiophene rings is 2. The zero-order chi connectivity index (χ0) is 31.9. The van der Waals surface area contributed by atoms with Gasteiger partial charge in [0.1, 0.15) is 0 Å². The van der Waals surface area contributed by atoms with Gasteiger partial charge in [-0.1, -0.05) is 61.0 Å². The van der Waals surface area contributed by atoms with E-state index in [4.69, 9.17) is 0 Å². The van der Waals surface area contributed by atoms with Crippen LogP contribution in [0.1, 0.15) is 16.7 Å². The van der Waals surface area contributed by atoms with E-state index in [0.717, 1.165) is 22.5 Å². The Hall–Kier alpha value is -4.51. The number of nitrogens with zero attached hydrogens (tertiary/aromatic N) is 2. The molecule has 5 heteroatoms. The summed E-state index contributed by atoms with van der Waals surface area (Å²) in [6.45, 7) is 6.24. The smallest absolute Gasteiger partial charge is 0.0448 e. The first-order chi connectivity index (χ1) is 23.0. The predicted octanol–water partition coefficient (Wildman–Crippen LogP) is 12.4. The van der Waals surface area contributed by atoms with Crippen molar-refractivity contribution < 1.29 is 20.1 Å². The van der Waals surface area contributed by atoms with Gasteiger partial charge in [0.25, 0.3) is 0 Å². The molecule has 0 spiro atoms. The van der Waals surface area contributed by atoms with Gasteiger partial charge < -0.3 is 9.97 Å². The first kappa shape index (κ1) is 32.1. The second-order valence-electron chi connectivity index (χ2n) is 11.8. The fourth-order valence-electron chi connectivity index (χ4n) is 6.02. The monoisotopic (exact) mass is 831 g/mol. The third-order valence-corrected chi connectivity index (χ3v) is 11.1. The van der Waals surface area contributed by atoms with Gasteiger partial charge in [-0.25, -0.2) is 0 Å². The minimum Gasteiger partial charge on any atom is -0.305 e. The molecule has 5 aromatic carbocycles. The predicted molar refractivity (Wildman–Crippen MR) is 202 cm³/mol. The number of hydrogen-bond acceptors (Lipinski definition) is 4. The molecule has 48 heavy (non-hydrogen) atoms. The van der Waals surface area contributed by atoms with Crippen molar-refractivity contribution in [1.29, 1.82) is 0 Å². The van der Waals surface area contributed by atoms with E-state index in [0.29, 0.717) is 0 Å². The Labute approximate surface area is 302 Å². The summed E-state index contributed by atoms with van der Waals surface area (Å²) in [4.78, 5) is 9.06. The molecule has 4 heterocycles. The van der Waals surface area contributed by atoms with Crippen LogP contribution in [-0.4, -0.2) is 9.97 Å². The van der Waals surface area contributed by atoms with Crippen LogP contribution in [-0.2, 0) is 20.1 Å². The summed E-state index contributed by atoms with van der Waals surface area (Å²) in [5, 5.41) is 5.33. The molecule has 0 aliphatic carbocycles. The van der Waals surface area contributed by atoms with E-state index in [2.05, 4.69) is 134 Å². The SMILES string of the molecule is Cc1c[c-]c(-c2cc(C)c(C)cn2)cc1.[Ir].[c-]1ccccc1-c1cc(-c2c3sc4ccccc4c3cc3c2sc2ccccc23)ccn1. The van der Waals surface area contributed by atoms with Crippen LogP contribution in [0.5, 0.6) is 0 Å². The molecule has 0 aliphatic rings. The normalized spacial score (nSPS) is 11.1. The molecule has 0 N–H and O–H groups in total. The van der Waals surface area contributed by atoms with E-state index in [1.807, 2.05) is 59.3 Å². The van der Waals surface area contributed by atoms with Crippen molar-refractivity contribution in [1.82, 2.24) is 9.97 Å². The summed E-state index contributed by atoms with van der Waals surface area (Å²) in [5.74, 6) is 0. The second kappa shape index (κ2) is 13.5. The molecule has 0 aliphatic heterocycles. The first-order valence-electron chi connectivity index (χ1n) is 15.6. The summed E-state index contributed by atoms with van der Waals surface area (Å²) in [7, 11) is 0. The van der Waals surface area contributed by atoms with E-state index in [1.54, 1.807) is 0 Å². The van der Waals surface area contributed by atoms with Crippen molar-refractivity contribution in [3.63, 3.8) is 0 Å². The van der Waals surface area contributed by atoms with Gasteiger partial charge in [-0.15, -0.1) is 94.0 Å². The number of hydrogen-bond donors (Lipinski definition) is 0. The van der Waals surface area contributed by atoms with Gasteiger partial charge in [-0.2, -0.15) is 0 Å². The summed E-state index contributed by atoms with van der Waals surface area (Å²) in [6, 6.07) is 47.1. The minimum absolute atomic E-state index is 0. The number of fused-ring (bicyclic) bond motifs is 6. The third-order valence-electron chi connectivity index (χ3n) is 8.66. The van der Waals surface area contributed by atoms with Crippen LogP contribution in [0, 0.1) is 32.9 Å². The Balaban J connectivity index is 0.000000193. The molecule has 9 rings (SSSR count). The topological polar surface area (TPSA) is 25.8 Å². The quantitative estimate of drug-likeness (QED) is 0.166. The van der Waals surface area contributed by atoms with Crippen LogP contribution in [0.2, 0.25) is 0 Å². The maximum absolute atomic E-state index is 4.66. The number of aryl methyl sites for hydroxylation is 3. The Bertz CT molecular complexity index is 2460. The van der Waals surface area contributed by atoms with E-state index >= 15 is 0 Å². The largest absolute Gasteiger partial charge is 0.305 e. The third kappa shape index (κ3) is 6.00. The van der Waals surface area contributed by atoms with Crippen LogP contribution in [0.25, 0.3) is 74.0 Å². The first-order valence-corrected chi connectivity index (χ1v) is 17.3. The van der Waals surface area contributed by atoms with E-state index in [-0.39, 0.29) is 20.1 Å². The molecule has 0 atom stereocenters. The van der Waals surface area contributed by atoms with Crippen LogP contribution in [0.4, 0.5) is 0 Å². The molecule has 0 fully saturated rings. The van der Waals surface area contributed by atoms with Gasteiger partial charge in [0.2, 0.25) is 0 Å². The van der Waals surface area contributed by atoms with E-state index < -0.39 is 0 Å². The van der Waals surface area contributed by atoms with Crippen LogP contribution >= 0.6 is 22.7 Å². The van der Waals surface area contributed by atoms with Crippen LogP contribution in [0.15, 0.2) is 128 Å². The summed E-state index contributed by atoms with van der Waals surface area (Å²) in [6.07, 6.45) is 3.84. The standard InChI is InChI=1S/C29H16NS2.C14H14N.Ir/c1-2-8-18(9-3-1)24-16-19(14-15-30-24)27-28-22(20-10-4-6-12-25(20)31-28)17-23-21-11-5-7-13-26(21)32-29(23)27;1-10-4-6-13(7-5-10)14-8-11(2)12(3)9-15-14;/h1-8,10-17H;4-6,8-9H,1-3H3;/q2*-1;. The number of pyridine rings is 2. The maximum Gasteiger partial charge on any atom is 0.0448 e. The van der Waals surface area contributed by atoms with Crippen molar-refractivity contribution in [3.05, 3.63) is 156 Å². The Kier molecular flexibility index (Phi) is 9.04. The van der Waals surface area contributed by atoms with Gasteiger partial charge in [0, 0.05) is 78.4 Å². The Morgan fingerprint density at radius 1 is 0.562 bits per heavy atom. The van der Waals surface area contributed by atoms with Crippen LogP contribution in [0.3, 0.4) is 0 Å². The molecule has 4 aromatic heterocycles. The molecule has 0 saturated heterocycles. The summed E-state index contributed by atoms with van der Waals surface area (Å²) < 4.78 is 5.35. The van der Waals surface area contributed by atoms with E-state index in [1.165, 1.54) is 68.2 Å². The van der Waals surface area contributed by atoms with E-state index in [9.17, 15) is 0 Å². The zero-order valence-corrected chi connectivity index (χ0v) is 30.7. The van der Waals surface area contributed by atoms with Gasteiger partial charge in [0.05, 0.1) is 0 Å². The zero-order valence-electron chi connectivity index (χ0n) is 26.7. The molecule has 2 nitrogen and oxygen atoms in total. The molecule has 9 aromatic rings. The molecular weight excluding hydrogens is 801 g/mol. The molecule has 0 amide bonds. The second-order valence-corrected chi connectivity index (χ2v) is 13.9. The van der Waals surface area contributed by atoms with Crippen molar-refractivity contribution in [2.45, 2.75) is 20.8 Å². The fraction of sp³-hybridized carbons (Fsp3) is 0.0698. The molecule has 0 bridgehead atoms. The number of benzene rings is 5. The van der Waals surface area contributed by atoms with Gasteiger partial charge >= 0.3 is 0 Å². The summed E-state index contributed by atoms with van der Waals surface area (Å²) >= 11 is 3.78. The molecule has 0 unspecified atom stereocenters. The molecule has 1 radical (unpaired) electrons. The van der Waals surface area contributed by atoms with Crippen molar-refractivity contribution in [3.8, 4) is 33.6 Å². The van der Waals surface area contributed by atoms with Gasteiger partial charge in [0.15, 0.2) is 0 Å². The number of rotatable bonds is 3. The average molecular weight is 831 g/mol. The van der Waals surface area contributed by atoms with Crippen molar-refractivity contribution in [2.24, 2.45) is 0 Å². The van der Waals surface area contributed by atoms with Crippen LogP contribution < -0.4 is 0 Å². The molecule has 235 valence electrons. The van der Waals surface area contributed by atoms with Gasteiger partial charge in [-0.3, -0.25) is 0 Å². The average Bonchev–Trinajstić information content (AvgIpc) is 3.67. The molecule has 0 saturated carbocycles. The van der Waals surface area contributed by atoms with Gasteiger partial charge in [-0.05, 0) is 60.6 Å². The fourth-order valence-corrected chi connectivity index (χ4v) is 8.59. The van der Waals surface area contributed by atoms with Crippen molar-refractivity contribution >= 4 is 63.0 Å².